The van der Waals surface area contributed by atoms with E-state index in [1.165, 1.54) is 6.20 Å². The van der Waals surface area contributed by atoms with E-state index in [4.69, 9.17) is 4.74 Å². The zero-order chi connectivity index (χ0) is 17.5. The molecule has 1 aliphatic rings. The van der Waals surface area contributed by atoms with E-state index in [0.717, 1.165) is 45.2 Å². The number of benzene rings is 1. The molecule has 0 bridgehead atoms. The fourth-order valence-electron chi connectivity index (χ4n) is 2.54. The number of nitrogens with zero attached hydrogens (tertiary/aromatic N) is 2. The molecule has 0 unspecified atom stereocenters. The SMILES string of the molecule is O=S(=O)(Nc1ccc(NCCN2CCOCC2)nc1)c1ccccc1. The van der Waals surface area contributed by atoms with E-state index in [0.29, 0.717) is 5.69 Å². The smallest absolute Gasteiger partial charge is 0.261 e. The van der Waals surface area contributed by atoms with Crippen LogP contribution >= 0.6 is 0 Å². The fourth-order valence-corrected chi connectivity index (χ4v) is 3.60. The minimum atomic E-state index is -3.59. The first-order valence-electron chi connectivity index (χ1n) is 8.21. The number of morpholine rings is 1. The van der Waals surface area contributed by atoms with Crippen LogP contribution in [0.15, 0.2) is 53.6 Å². The van der Waals surface area contributed by atoms with Crippen molar-refractivity contribution >= 4 is 21.5 Å². The molecule has 0 aliphatic carbocycles. The van der Waals surface area contributed by atoms with Gasteiger partial charge in [-0.05, 0) is 24.3 Å². The van der Waals surface area contributed by atoms with Gasteiger partial charge in [0.05, 0.1) is 30.0 Å². The summed E-state index contributed by atoms with van der Waals surface area (Å²) >= 11 is 0. The van der Waals surface area contributed by atoms with Crippen molar-refractivity contribution in [2.45, 2.75) is 4.90 Å². The Morgan fingerprint density at radius 1 is 1.08 bits per heavy atom. The van der Waals surface area contributed by atoms with Gasteiger partial charge >= 0.3 is 0 Å². The van der Waals surface area contributed by atoms with Crippen LogP contribution in [0.4, 0.5) is 11.5 Å². The first-order valence-corrected chi connectivity index (χ1v) is 9.70. The van der Waals surface area contributed by atoms with Gasteiger partial charge in [-0.2, -0.15) is 0 Å². The van der Waals surface area contributed by atoms with Crippen molar-refractivity contribution in [3.63, 3.8) is 0 Å². The zero-order valence-corrected chi connectivity index (χ0v) is 14.7. The van der Waals surface area contributed by atoms with Gasteiger partial charge in [0.1, 0.15) is 5.82 Å². The van der Waals surface area contributed by atoms with Crippen LogP contribution in [-0.2, 0) is 14.8 Å². The molecule has 3 rings (SSSR count). The van der Waals surface area contributed by atoms with Crippen molar-refractivity contribution < 1.29 is 13.2 Å². The molecule has 25 heavy (non-hydrogen) atoms. The summed E-state index contributed by atoms with van der Waals surface area (Å²) in [5.41, 5.74) is 0.433. The lowest BCUT2D eigenvalue weighted by Gasteiger charge is -2.26. The molecule has 0 amide bonds. The highest BCUT2D eigenvalue weighted by Gasteiger charge is 2.13. The van der Waals surface area contributed by atoms with Crippen LogP contribution in [0, 0.1) is 0 Å². The molecule has 0 radical (unpaired) electrons. The first-order chi connectivity index (χ1) is 12.1. The number of hydrogen-bond donors (Lipinski definition) is 2. The fraction of sp³-hybridized carbons (Fsp3) is 0.353. The Kier molecular flexibility index (Phi) is 5.85. The topological polar surface area (TPSA) is 83.6 Å². The third-order valence-electron chi connectivity index (χ3n) is 3.91. The normalized spacial score (nSPS) is 15.7. The van der Waals surface area contributed by atoms with Gasteiger partial charge in [0.25, 0.3) is 10.0 Å². The van der Waals surface area contributed by atoms with Crippen LogP contribution in [0.5, 0.6) is 0 Å². The molecule has 134 valence electrons. The van der Waals surface area contributed by atoms with Crippen molar-refractivity contribution in [1.82, 2.24) is 9.88 Å². The molecule has 8 heteroatoms. The van der Waals surface area contributed by atoms with Crippen molar-refractivity contribution in [3.8, 4) is 0 Å². The quantitative estimate of drug-likeness (QED) is 0.779. The Bertz CT molecular complexity index is 760. The molecular weight excluding hydrogens is 340 g/mol. The molecule has 0 atom stereocenters. The summed E-state index contributed by atoms with van der Waals surface area (Å²) in [5.74, 6) is 0.718. The third kappa shape index (κ3) is 5.15. The molecule has 7 nitrogen and oxygen atoms in total. The Labute approximate surface area is 148 Å². The minimum absolute atomic E-state index is 0.225. The lowest BCUT2D eigenvalue weighted by atomic mass is 10.4. The second-order valence-electron chi connectivity index (χ2n) is 5.73. The van der Waals surface area contributed by atoms with Crippen molar-refractivity contribution in [2.24, 2.45) is 0 Å². The lowest BCUT2D eigenvalue weighted by molar-refractivity contribution is 0.0398. The summed E-state index contributed by atoms with van der Waals surface area (Å²) < 4.78 is 32.4. The summed E-state index contributed by atoms with van der Waals surface area (Å²) in [4.78, 5) is 6.81. The van der Waals surface area contributed by atoms with Crippen LogP contribution in [-0.4, -0.2) is 57.7 Å². The van der Waals surface area contributed by atoms with Gasteiger partial charge in [-0.15, -0.1) is 0 Å². The highest BCUT2D eigenvalue weighted by molar-refractivity contribution is 7.92. The number of hydrogen-bond acceptors (Lipinski definition) is 6. The molecule has 1 aromatic heterocycles. The number of sulfonamides is 1. The summed E-state index contributed by atoms with van der Waals surface area (Å²) in [5, 5.41) is 3.24. The number of rotatable bonds is 7. The largest absolute Gasteiger partial charge is 0.379 e. The maximum atomic E-state index is 12.3. The van der Waals surface area contributed by atoms with E-state index < -0.39 is 10.0 Å². The van der Waals surface area contributed by atoms with Gasteiger partial charge in [-0.3, -0.25) is 9.62 Å². The summed E-state index contributed by atoms with van der Waals surface area (Å²) in [6, 6.07) is 11.7. The molecule has 1 fully saturated rings. The van der Waals surface area contributed by atoms with Crippen molar-refractivity contribution in [1.29, 1.82) is 0 Å². The van der Waals surface area contributed by atoms with Gasteiger partial charge in [0.2, 0.25) is 0 Å². The van der Waals surface area contributed by atoms with E-state index in [-0.39, 0.29) is 4.90 Å². The van der Waals surface area contributed by atoms with Gasteiger partial charge in [-0.1, -0.05) is 18.2 Å². The zero-order valence-electron chi connectivity index (χ0n) is 13.9. The van der Waals surface area contributed by atoms with Gasteiger partial charge in [-0.25, -0.2) is 13.4 Å². The van der Waals surface area contributed by atoms with Gasteiger partial charge in [0.15, 0.2) is 0 Å². The first kappa shape index (κ1) is 17.7. The Hall–Kier alpha value is -2.16. The average molecular weight is 362 g/mol. The van der Waals surface area contributed by atoms with Crippen LogP contribution in [0.2, 0.25) is 0 Å². The minimum Gasteiger partial charge on any atom is -0.379 e. The van der Waals surface area contributed by atoms with Crippen LogP contribution < -0.4 is 10.0 Å². The van der Waals surface area contributed by atoms with Gasteiger partial charge in [0, 0.05) is 26.2 Å². The predicted molar refractivity (Wildman–Crippen MR) is 97.2 cm³/mol. The molecule has 2 heterocycles. The van der Waals surface area contributed by atoms with Crippen LogP contribution in [0.25, 0.3) is 0 Å². The number of nitrogens with one attached hydrogen (secondary N) is 2. The Balaban J connectivity index is 1.51. The molecule has 1 aliphatic heterocycles. The summed E-state index contributed by atoms with van der Waals surface area (Å²) in [6.45, 7) is 5.18. The molecule has 1 aromatic carbocycles. The molecule has 2 aromatic rings. The number of aromatic nitrogens is 1. The highest BCUT2D eigenvalue weighted by atomic mass is 32.2. The molecule has 2 N–H and O–H groups in total. The van der Waals surface area contributed by atoms with E-state index in [1.807, 2.05) is 0 Å². The maximum Gasteiger partial charge on any atom is 0.261 e. The van der Waals surface area contributed by atoms with Gasteiger partial charge < -0.3 is 10.1 Å². The standard InChI is InChI=1S/C17H22N4O3S/c22-25(23,16-4-2-1-3-5-16)20-15-6-7-17(19-14-15)18-8-9-21-10-12-24-13-11-21/h1-7,14,20H,8-13H2,(H,18,19). The number of anilines is 2. The summed E-state index contributed by atoms with van der Waals surface area (Å²) in [7, 11) is -3.59. The number of pyridine rings is 1. The van der Waals surface area contributed by atoms with Crippen LogP contribution in [0.3, 0.4) is 0 Å². The van der Waals surface area contributed by atoms with Crippen LogP contribution in [0.1, 0.15) is 0 Å². The van der Waals surface area contributed by atoms with E-state index >= 15 is 0 Å². The van der Waals surface area contributed by atoms with Crippen molar-refractivity contribution in [2.75, 3.05) is 49.4 Å². The van der Waals surface area contributed by atoms with E-state index in [2.05, 4.69) is 19.9 Å². The lowest BCUT2D eigenvalue weighted by Crippen LogP contribution is -2.39. The molecule has 0 saturated carbocycles. The second-order valence-corrected chi connectivity index (χ2v) is 7.41. The monoisotopic (exact) mass is 362 g/mol. The highest BCUT2D eigenvalue weighted by Crippen LogP contribution is 2.16. The Morgan fingerprint density at radius 2 is 1.84 bits per heavy atom. The summed E-state index contributed by atoms with van der Waals surface area (Å²) in [6.07, 6.45) is 1.51. The maximum absolute atomic E-state index is 12.3. The predicted octanol–water partition coefficient (Wildman–Crippen LogP) is 1.63. The average Bonchev–Trinajstić information content (AvgIpc) is 2.65. The Morgan fingerprint density at radius 3 is 2.52 bits per heavy atom. The second kappa shape index (κ2) is 8.28. The third-order valence-corrected chi connectivity index (χ3v) is 5.30. The molecule has 1 saturated heterocycles. The molecule has 0 spiro atoms. The van der Waals surface area contributed by atoms with Crippen molar-refractivity contribution in [3.05, 3.63) is 48.7 Å². The molecular formula is C17H22N4O3S. The van der Waals surface area contributed by atoms with E-state index in [9.17, 15) is 8.42 Å². The van der Waals surface area contributed by atoms with E-state index in [1.54, 1.807) is 42.5 Å². The number of ether oxygens (including phenoxy) is 1.